The molecule has 0 fully saturated rings. The maximum atomic E-state index is 11.9. The number of hydrogen-bond acceptors (Lipinski definition) is 5. The van der Waals surface area contributed by atoms with Crippen LogP contribution in [0.3, 0.4) is 0 Å². The number of carbonyl (C=O) groups is 1. The summed E-state index contributed by atoms with van der Waals surface area (Å²) in [6.45, 7) is 5.39. The standard InChI is InChI=1S/C16H26N2O4/c1-11(2)6-7-17-10-15(19)18-12-8-13(20-3)16(22-5)14(9-12)21-4/h8-9,11,17H,6-7,10H2,1-5H3,(H,18,19). The van der Waals surface area contributed by atoms with Gasteiger partial charge in [-0.25, -0.2) is 0 Å². The first-order valence-electron chi connectivity index (χ1n) is 7.32. The molecule has 124 valence electrons. The predicted octanol–water partition coefficient (Wildman–Crippen LogP) is 2.29. The topological polar surface area (TPSA) is 68.8 Å². The molecule has 22 heavy (non-hydrogen) atoms. The lowest BCUT2D eigenvalue weighted by Crippen LogP contribution is -2.29. The van der Waals surface area contributed by atoms with E-state index in [0.717, 1.165) is 13.0 Å². The molecule has 0 aliphatic carbocycles. The molecule has 2 N–H and O–H groups in total. The van der Waals surface area contributed by atoms with Gasteiger partial charge in [-0.2, -0.15) is 0 Å². The average Bonchev–Trinajstić information content (AvgIpc) is 2.50. The Labute approximate surface area is 132 Å². The fourth-order valence-electron chi connectivity index (χ4n) is 1.95. The molecule has 0 bridgehead atoms. The van der Waals surface area contributed by atoms with Gasteiger partial charge in [-0.05, 0) is 18.9 Å². The minimum Gasteiger partial charge on any atom is -0.493 e. The van der Waals surface area contributed by atoms with Crippen molar-refractivity contribution >= 4 is 11.6 Å². The minimum absolute atomic E-state index is 0.113. The number of rotatable bonds is 9. The SMILES string of the molecule is COc1cc(NC(=O)CNCCC(C)C)cc(OC)c1OC. The number of carbonyl (C=O) groups excluding carboxylic acids is 1. The first kappa shape index (κ1) is 18.1. The van der Waals surface area contributed by atoms with Crippen LogP contribution in [0.2, 0.25) is 0 Å². The summed E-state index contributed by atoms with van der Waals surface area (Å²) in [5, 5.41) is 5.93. The molecule has 6 heteroatoms. The smallest absolute Gasteiger partial charge is 0.238 e. The highest BCUT2D eigenvalue weighted by Crippen LogP contribution is 2.39. The maximum absolute atomic E-state index is 11.9. The monoisotopic (exact) mass is 310 g/mol. The van der Waals surface area contributed by atoms with Crippen molar-refractivity contribution in [2.24, 2.45) is 5.92 Å². The van der Waals surface area contributed by atoms with Crippen molar-refractivity contribution < 1.29 is 19.0 Å². The number of methoxy groups -OCH3 is 3. The van der Waals surface area contributed by atoms with Crippen molar-refractivity contribution in [2.45, 2.75) is 20.3 Å². The lowest BCUT2D eigenvalue weighted by molar-refractivity contribution is -0.115. The first-order chi connectivity index (χ1) is 10.5. The van der Waals surface area contributed by atoms with E-state index in [-0.39, 0.29) is 12.5 Å². The number of hydrogen-bond donors (Lipinski definition) is 2. The molecule has 0 aliphatic heterocycles. The molecule has 6 nitrogen and oxygen atoms in total. The van der Waals surface area contributed by atoms with Gasteiger partial charge in [-0.15, -0.1) is 0 Å². The summed E-state index contributed by atoms with van der Waals surface area (Å²) >= 11 is 0. The average molecular weight is 310 g/mol. The molecule has 0 spiro atoms. The van der Waals surface area contributed by atoms with Gasteiger partial charge in [-0.3, -0.25) is 4.79 Å². The third-order valence-electron chi connectivity index (χ3n) is 3.13. The molecule has 1 rings (SSSR count). The number of ether oxygens (including phenoxy) is 3. The molecule has 0 heterocycles. The van der Waals surface area contributed by atoms with E-state index in [1.165, 1.54) is 21.3 Å². The van der Waals surface area contributed by atoms with Crippen molar-refractivity contribution in [1.82, 2.24) is 5.32 Å². The van der Waals surface area contributed by atoms with E-state index in [0.29, 0.717) is 28.9 Å². The predicted molar refractivity (Wildman–Crippen MR) is 87.1 cm³/mol. The fourth-order valence-corrected chi connectivity index (χ4v) is 1.95. The van der Waals surface area contributed by atoms with Crippen LogP contribution in [-0.4, -0.2) is 40.3 Å². The van der Waals surface area contributed by atoms with Gasteiger partial charge in [0.25, 0.3) is 0 Å². The summed E-state index contributed by atoms with van der Waals surface area (Å²) < 4.78 is 15.8. The second-order valence-electron chi connectivity index (χ2n) is 5.32. The van der Waals surface area contributed by atoms with Gasteiger partial charge in [0.1, 0.15) is 0 Å². The van der Waals surface area contributed by atoms with Gasteiger partial charge in [0.15, 0.2) is 11.5 Å². The molecule has 0 atom stereocenters. The number of nitrogens with one attached hydrogen (secondary N) is 2. The Hall–Kier alpha value is -1.95. The van der Waals surface area contributed by atoms with Gasteiger partial charge >= 0.3 is 0 Å². The van der Waals surface area contributed by atoms with Gasteiger partial charge in [-0.1, -0.05) is 13.8 Å². The van der Waals surface area contributed by atoms with Crippen molar-refractivity contribution in [3.8, 4) is 17.2 Å². The third-order valence-corrected chi connectivity index (χ3v) is 3.13. The summed E-state index contributed by atoms with van der Waals surface area (Å²) in [7, 11) is 4.62. The van der Waals surface area contributed by atoms with Crippen LogP contribution in [0.1, 0.15) is 20.3 Å². The van der Waals surface area contributed by atoms with Gasteiger partial charge in [0, 0.05) is 17.8 Å². The second-order valence-corrected chi connectivity index (χ2v) is 5.32. The van der Waals surface area contributed by atoms with Crippen LogP contribution in [0.15, 0.2) is 12.1 Å². The molecular weight excluding hydrogens is 284 g/mol. The number of amides is 1. The second kappa shape index (κ2) is 9.15. The Morgan fingerprint density at radius 1 is 1.09 bits per heavy atom. The first-order valence-corrected chi connectivity index (χ1v) is 7.32. The summed E-state index contributed by atoms with van der Waals surface area (Å²) in [4.78, 5) is 11.9. The quantitative estimate of drug-likeness (QED) is 0.685. The number of anilines is 1. The Kier molecular flexibility index (Phi) is 7.52. The van der Waals surface area contributed by atoms with Gasteiger partial charge in [0.05, 0.1) is 27.9 Å². The molecule has 1 amide bonds. The normalized spacial score (nSPS) is 10.5. The van der Waals surface area contributed by atoms with Crippen LogP contribution in [0.4, 0.5) is 5.69 Å². The summed E-state index contributed by atoms with van der Waals surface area (Å²) in [5.74, 6) is 2.01. The summed E-state index contributed by atoms with van der Waals surface area (Å²) in [5.41, 5.74) is 0.602. The Morgan fingerprint density at radius 3 is 2.14 bits per heavy atom. The highest BCUT2D eigenvalue weighted by Gasteiger charge is 2.14. The van der Waals surface area contributed by atoms with E-state index >= 15 is 0 Å². The number of benzene rings is 1. The van der Waals surface area contributed by atoms with Crippen molar-refractivity contribution in [3.05, 3.63) is 12.1 Å². The molecule has 0 aliphatic rings. The zero-order chi connectivity index (χ0) is 16.5. The highest BCUT2D eigenvalue weighted by atomic mass is 16.5. The van der Waals surface area contributed by atoms with E-state index in [4.69, 9.17) is 14.2 Å². The van der Waals surface area contributed by atoms with E-state index in [2.05, 4.69) is 24.5 Å². The fraction of sp³-hybridized carbons (Fsp3) is 0.562. The van der Waals surface area contributed by atoms with Crippen LogP contribution in [-0.2, 0) is 4.79 Å². The molecular formula is C16H26N2O4. The van der Waals surface area contributed by atoms with Crippen LogP contribution in [0.5, 0.6) is 17.2 Å². The zero-order valence-electron chi connectivity index (χ0n) is 14.0. The van der Waals surface area contributed by atoms with Crippen LogP contribution < -0.4 is 24.8 Å². The molecule has 0 radical (unpaired) electrons. The molecule has 0 unspecified atom stereocenters. The van der Waals surface area contributed by atoms with Crippen molar-refractivity contribution in [1.29, 1.82) is 0 Å². The van der Waals surface area contributed by atoms with E-state index in [9.17, 15) is 4.79 Å². The van der Waals surface area contributed by atoms with Crippen LogP contribution in [0.25, 0.3) is 0 Å². The Bertz CT molecular complexity index is 464. The van der Waals surface area contributed by atoms with Crippen molar-refractivity contribution in [3.63, 3.8) is 0 Å². The lowest BCUT2D eigenvalue weighted by atomic mass is 10.1. The molecule has 0 saturated heterocycles. The van der Waals surface area contributed by atoms with Gasteiger partial charge in [0.2, 0.25) is 11.7 Å². The Balaban J connectivity index is 2.66. The maximum Gasteiger partial charge on any atom is 0.238 e. The molecule has 1 aromatic carbocycles. The Morgan fingerprint density at radius 2 is 1.68 bits per heavy atom. The molecule has 0 aromatic heterocycles. The van der Waals surface area contributed by atoms with Gasteiger partial charge < -0.3 is 24.8 Å². The molecule has 0 saturated carbocycles. The molecule has 1 aromatic rings. The summed E-state index contributed by atoms with van der Waals surface area (Å²) in [6, 6.07) is 3.40. The van der Waals surface area contributed by atoms with Crippen molar-refractivity contribution in [2.75, 3.05) is 39.7 Å². The third kappa shape index (κ3) is 5.44. The largest absolute Gasteiger partial charge is 0.493 e. The van der Waals surface area contributed by atoms with Crippen LogP contribution in [0, 0.1) is 5.92 Å². The van der Waals surface area contributed by atoms with E-state index in [1.54, 1.807) is 12.1 Å². The van der Waals surface area contributed by atoms with E-state index < -0.39 is 0 Å². The minimum atomic E-state index is -0.113. The van der Waals surface area contributed by atoms with E-state index in [1.807, 2.05) is 0 Å². The highest BCUT2D eigenvalue weighted by molar-refractivity contribution is 5.93. The lowest BCUT2D eigenvalue weighted by Gasteiger charge is -2.14. The zero-order valence-corrected chi connectivity index (χ0v) is 14.0. The summed E-state index contributed by atoms with van der Waals surface area (Å²) in [6.07, 6.45) is 1.04. The van der Waals surface area contributed by atoms with Crippen LogP contribution >= 0.6 is 0 Å².